The van der Waals surface area contributed by atoms with Crippen molar-refractivity contribution in [2.75, 3.05) is 38.1 Å². The van der Waals surface area contributed by atoms with E-state index in [0.717, 1.165) is 19.6 Å². The van der Waals surface area contributed by atoms with Gasteiger partial charge in [0.05, 0.1) is 12.7 Å². The van der Waals surface area contributed by atoms with Gasteiger partial charge in [-0.25, -0.2) is 0 Å². The standard InChI is InChI=1S/C18H27N3O3/c1-13(2)11-21-7-8-24-17(12-21)10-19-18(23)15-5-4-6-16(9-15)20-14(3)22/h4-6,9,13,17H,7-8,10-12H2,1-3H3,(H,19,23)(H,20,22). The van der Waals surface area contributed by atoms with E-state index in [2.05, 4.69) is 29.4 Å². The van der Waals surface area contributed by atoms with Crippen LogP contribution < -0.4 is 10.6 Å². The average molecular weight is 333 g/mol. The van der Waals surface area contributed by atoms with Crippen LogP contribution in [0.15, 0.2) is 24.3 Å². The molecular formula is C18H27N3O3. The summed E-state index contributed by atoms with van der Waals surface area (Å²) in [5.74, 6) is 0.301. The van der Waals surface area contributed by atoms with Gasteiger partial charge in [0.2, 0.25) is 5.91 Å². The molecule has 2 rings (SSSR count). The molecule has 0 aromatic heterocycles. The van der Waals surface area contributed by atoms with Crippen molar-refractivity contribution in [1.82, 2.24) is 10.2 Å². The number of hydrogen-bond donors (Lipinski definition) is 2. The maximum Gasteiger partial charge on any atom is 0.251 e. The number of carbonyl (C=O) groups is 2. The van der Waals surface area contributed by atoms with Crippen LogP contribution in [0, 0.1) is 5.92 Å². The molecule has 1 fully saturated rings. The summed E-state index contributed by atoms with van der Waals surface area (Å²) in [5, 5.41) is 5.60. The van der Waals surface area contributed by atoms with Crippen molar-refractivity contribution < 1.29 is 14.3 Å². The molecule has 2 amide bonds. The van der Waals surface area contributed by atoms with Crippen LogP contribution in [0.3, 0.4) is 0 Å². The third-order valence-electron chi connectivity index (χ3n) is 3.78. The van der Waals surface area contributed by atoms with Gasteiger partial charge in [0.15, 0.2) is 0 Å². The fourth-order valence-corrected chi connectivity index (χ4v) is 2.84. The third kappa shape index (κ3) is 5.94. The molecule has 0 spiro atoms. The smallest absolute Gasteiger partial charge is 0.251 e. The first-order valence-electron chi connectivity index (χ1n) is 8.44. The zero-order chi connectivity index (χ0) is 17.5. The van der Waals surface area contributed by atoms with Crippen molar-refractivity contribution in [3.8, 4) is 0 Å². The zero-order valence-corrected chi connectivity index (χ0v) is 14.7. The Balaban J connectivity index is 1.85. The molecule has 1 saturated heterocycles. The summed E-state index contributed by atoms with van der Waals surface area (Å²) >= 11 is 0. The molecule has 0 radical (unpaired) electrons. The van der Waals surface area contributed by atoms with E-state index in [1.54, 1.807) is 24.3 Å². The van der Waals surface area contributed by atoms with Crippen LogP contribution in [0.5, 0.6) is 0 Å². The van der Waals surface area contributed by atoms with Crippen LogP contribution in [0.2, 0.25) is 0 Å². The number of amides is 2. The summed E-state index contributed by atoms with van der Waals surface area (Å²) in [7, 11) is 0. The second-order valence-electron chi connectivity index (χ2n) is 6.62. The van der Waals surface area contributed by atoms with Gasteiger partial charge in [0.1, 0.15) is 0 Å². The van der Waals surface area contributed by atoms with Crippen molar-refractivity contribution in [2.24, 2.45) is 5.92 Å². The summed E-state index contributed by atoms with van der Waals surface area (Å²) in [6.45, 7) is 9.86. The van der Waals surface area contributed by atoms with Gasteiger partial charge >= 0.3 is 0 Å². The van der Waals surface area contributed by atoms with E-state index in [1.807, 2.05) is 0 Å². The van der Waals surface area contributed by atoms with Crippen LogP contribution in [0.25, 0.3) is 0 Å². The molecule has 2 N–H and O–H groups in total. The van der Waals surface area contributed by atoms with Gasteiger partial charge in [-0.1, -0.05) is 19.9 Å². The van der Waals surface area contributed by atoms with Crippen molar-refractivity contribution >= 4 is 17.5 Å². The van der Waals surface area contributed by atoms with Gasteiger partial charge in [-0.3, -0.25) is 14.5 Å². The van der Waals surface area contributed by atoms with Gasteiger partial charge < -0.3 is 15.4 Å². The van der Waals surface area contributed by atoms with E-state index in [4.69, 9.17) is 4.74 Å². The SMILES string of the molecule is CC(=O)Nc1cccc(C(=O)NCC2CN(CC(C)C)CCO2)c1. The summed E-state index contributed by atoms with van der Waals surface area (Å²) < 4.78 is 5.74. The average Bonchev–Trinajstić information content (AvgIpc) is 2.52. The molecule has 6 nitrogen and oxygen atoms in total. The molecule has 1 aromatic carbocycles. The number of nitrogens with one attached hydrogen (secondary N) is 2. The fourth-order valence-electron chi connectivity index (χ4n) is 2.84. The fraction of sp³-hybridized carbons (Fsp3) is 0.556. The molecule has 24 heavy (non-hydrogen) atoms. The lowest BCUT2D eigenvalue weighted by molar-refractivity contribution is -0.114. The monoisotopic (exact) mass is 333 g/mol. The molecule has 0 aliphatic carbocycles. The molecule has 1 aliphatic heterocycles. The zero-order valence-electron chi connectivity index (χ0n) is 14.7. The number of morpholine rings is 1. The van der Waals surface area contributed by atoms with Crippen LogP contribution in [0.4, 0.5) is 5.69 Å². The minimum absolute atomic E-state index is 0.0139. The van der Waals surface area contributed by atoms with Gasteiger partial charge in [-0.2, -0.15) is 0 Å². The molecule has 0 saturated carbocycles. The number of nitrogens with zero attached hydrogens (tertiary/aromatic N) is 1. The van der Waals surface area contributed by atoms with E-state index in [-0.39, 0.29) is 17.9 Å². The highest BCUT2D eigenvalue weighted by Crippen LogP contribution is 2.11. The van der Waals surface area contributed by atoms with Crippen molar-refractivity contribution in [2.45, 2.75) is 26.9 Å². The predicted octanol–water partition coefficient (Wildman–Crippen LogP) is 1.73. The van der Waals surface area contributed by atoms with Crippen LogP contribution in [-0.2, 0) is 9.53 Å². The molecule has 1 heterocycles. The minimum atomic E-state index is -0.160. The van der Waals surface area contributed by atoms with E-state index in [1.165, 1.54) is 6.92 Å². The van der Waals surface area contributed by atoms with E-state index in [9.17, 15) is 9.59 Å². The Bertz CT molecular complexity index is 574. The Morgan fingerprint density at radius 3 is 2.88 bits per heavy atom. The number of benzene rings is 1. The first-order valence-corrected chi connectivity index (χ1v) is 8.44. The highest BCUT2D eigenvalue weighted by Gasteiger charge is 2.21. The van der Waals surface area contributed by atoms with Gasteiger partial charge in [0.25, 0.3) is 5.91 Å². The Labute approximate surface area is 143 Å². The van der Waals surface area contributed by atoms with Crippen LogP contribution in [-0.4, -0.2) is 55.6 Å². The molecule has 1 atom stereocenters. The van der Waals surface area contributed by atoms with Crippen molar-refractivity contribution in [3.05, 3.63) is 29.8 Å². The summed E-state index contributed by atoms with van der Waals surface area (Å²) in [6, 6.07) is 6.91. The lowest BCUT2D eigenvalue weighted by atomic mass is 10.1. The quantitative estimate of drug-likeness (QED) is 0.832. The third-order valence-corrected chi connectivity index (χ3v) is 3.78. The Hall–Kier alpha value is -1.92. The molecule has 6 heteroatoms. The predicted molar refractivity (Wildman–Crippen MR) is 94.1 cm³/mol. The van der Waals surface area contributed by atoms with Gasteiger partial charge in [-0.15, -0.1) is 0 Å². The first kappa shape index (κ1) is 18.4. The Morgan fingerprint density at radius 1 is 1.38 bits per heavy atom. The number of hydrogen-bond acceptors (Lipinski definition) is 4. The van der Waals surface area contributed by atoms with E-state index < -0.39 is 0 Å². The number of ether oxygens (including phenoxy) is 1. The summed E-state index contributed by atoms with van der Waals surface area (Å²) in [5.41, 5.74) is 1.14. The topological polar surface area (TPSA) is 70.7 Å². The van der Waals surface area contributed by atoms with Gasteiger partial charge in [-0.05, 0) is 24.1 Å². The molecule has 0 bridgehead atoms. The maximum atomic E-state index is 12.3. The normalized spacial score (nSPS) is 18.4. The highest BCUT2D eigenvalue weighted by molar-refractivity contribution is 5.96. The first-order chi connectivity index (χ1) is 11.4. The van der Waals surface area contributed by atoms with Crippen molar-refractivity contribution in [1.29, 1.82) is 0 Å². The van der Waals surface area contributed by atoms with Crippen LogP contribution >= 0.6 is 0 Å². The molecular weight excluding hydrogens is 306 g/mol. The second kappa shape index (κ2) is 8.80. The second-order valence-corrected chi connectivity index (χ2v) is 6.62. The maximum absolute atomic E-state index is 12.3. The van der Waals surface area contributed by atoms with Gasteiger partial charge in [0, 0.05) is 44.4 Å². The lowest BCUT2D eigenvalue weighted by Crippen LogP contribution is -2.48. The number of anilines is 1. The molecule has 1 aromatic rings. The number of rotatable bonds is 6. The Morgan fingerprint density at radius 2 is 2.17 bits per heavy atom. The number of carbonyl (C=O) groups excluding carboxylic acids is 2. The summed E-state index contributed by atoms with van der Waals surface area (Å²) in [4.78, 5) is 25.8. The molecule has 1 unspecified atom stereocenters. The summed E-state index contributed by atoms with van der Waals surface area (Å²) in [6.07, 6.45) is 0.0139. The minimum Gasteiger partial charge on any atom is -0.374 e. The lowest BCUT2D eigenvalue weighted by Gasteiger charge is -2.33. The highest BCUT2D eigenvalue weighted by atomic mass is 16.5. The molecule has 1 aliphatic rings. The largest absolute Gasteiger partial charge is 0.374 e. The van der Waals surface area contributed by atoms with Crippen molar-refractivity contribution in [3.63, 3.8) is 0 Å². The van der Waals surface area contributed by atoms with E-state index >= 15 is 0 Å². The molecule has 132 valence electrons. The van der Waals surface area contributed by atoms with Crippen LogP contribution in [0.1, 0.15) is 31.1 Å². The van der Waals surface area contributed by atoms with E-state index in [0.29, 0.717) is 30.3 Å². The Kier molecular flexibility index (Phi) is 6.75.